The van der Waals surface area contributed by atoms with Crippen LogP contribution in [0.15, 0.2) is 29.3 Å². The number of benzene rings is 1. The molecular formula is C14H14Cl2N2O2S. The minimum absolute atomic E-state index is 0.330. The van der Waals surface area contributed by atoms with E-state index in [-0.39, 0.29) is 5.97 Å². The zero-order valence-corrected chi connectivity index (χ0v) is 13.9. The van der Waals surface area contributed by atoms with Crippen LogP contribution in [0.2, 0.25) is 10.0 Å². The fourth-order valence-electron chi connectivity index (χ4n) is 1.77. The number of nitrogens with zero attached hydrogens (tertiary/aromatic N) is 2. The van der Waals surface area contributed by atoms with Crippen LogP contribution in [0.3, 0.4) is 0 Å². The fraction of sp³-hybridized carbons (Fsp3) is 0.286. The molecule has 1 aromatic carbocycles. The molecule has 0 spiro atoms. The first-order chi connectivity index (χ1) is 10.0. The maximum absolute atomic E-state index is 11.9. The molecule has 0 aliphatic carbocycles. The monoisotopic (exact) mass is 344 g/mol. The van der Waals surface area contributed by atoms with Crippen molar-refractivity contribution in [3.8, 4) is 0 Å². The average molecular weight is 345 g/mol. The standard InChI is InChI=1S/C14H14Cl2N2O2S/c1-3-20-14(19)9-7-17-18(2)12(9)8-21-13-10(15)5-4-6-11(13)16/h4-7H,3,8H2,1-2H3. The van der Waals surface area contributed by atoms with Crippen LogP contribution < -0.4 is 0 Å². The van der Waals surface area contributed by atoms with Crippen molar-refractivity contribution in [2.24, 2.45) is 7.05 Å². The average Bonchev–Trinajstić information content (AvgIpc) is 2.80. The van der Waals surface area contributed by atoms with Gasteiger partial charge in [0, 0.05) is 17.7 Å². The topological polar surface area (TPSA) is 44.1 Å². The number of aryl methyl sites for hydroxylation is 1. The van der Waals surface area contributed by atoms with Gasteiger partial charge in [-0.3, -0.25) is 4.68 Å². The minimum Gasteiger partial charge on any atom is -0.462 e. The third kappa shape index (κ3) is 3.73. The van der Waals surface area contributed by atoms with Gasteiger partial charge in [-0.15, -0.1) is 11.8 Å². The zero-order valence-electron chi connectivity index (χ0n) is 11.6. The summed E-state index contributed by atoms with van der Waals surface area (Å²) in [7, 11) is 1.78. The molecule has 4 nitrogen and oxygen atoms in total. The summed E-state index contributed by atoms with van der Waals surface area (Å²) in [5, 5.41) is 5.29. The second-order valence-electron chi connectivity index (χ2n) is 4.19. The first-order valence-corrected chi connectivity index (χ1v) is 8.03. The van der Waals surface area contributed by atoms with E-state index in [1.165, 1.54) is 18.0 Å². The number of ether oxygens (including phenoxy) is 1. The highest BCUT2D eigenvalue weighted by atomic mass is 35.5. The fourth-order valence-corrected chi connectivity index (χ4v) is 3.53. The van der Waals surface area contributed by atoms with E-state index in [0.717, 1.165) is 10.6 Å². The summed E-state index contributed by atoms with van der Waals surface area (Å²) < 4.78 is 6.68. The maximum Gasteiger partial charge on any atom is 0.341 e. The molecule has 0 amide bonds. The van der Waals surface area contributed by atoms with Crippen molar-refractivity contribution >= 4 is 40.9 Å². The Balaban J connectivity index is 2.21. The van der Waals surface area contributed by atoms with E-state index in [1.807, 2.05) is 0 Å². The molecule has 0 saturated heterocycles. The van der Waals surface area contributed by atoms with Crippen molar-refractivity contribution in [3.63, 3.8) is 0 Å². The van der Waals surface area contributed by atoms with Crippen molar-refractivity contribution in [2.45, 2.75) is 17.6 Å². The summed E-state index contributed by atoms with van der Waals surface area (Å²) in [6.45, 7) is 2.10. The van der Waals surface area contributed by atoms with Crippen LogP contribution in [0, 0.1) is 0 Å². The van der Waals surface area contributed by atoms with Crippen LogP contribution in [0.4, 0.5) is 0 Å². The van der Waals surface area contributed by atoms with Gasteiger partial charge in [0.1, 0.15) is 5.56 Å². The van der Waals surface area contributed by atoms with Crippen molar-refractivity contribution < 1.29 is 9.53 Å². The summed E-state index contributed by atoms with van der Waals surface area (Å²) in [6.07, 6.45) is 1.52. The van der Waals surface area contributed by atoms with Gasteiger partial charge in [-0.2, -0.15) is 5.10 Å². The minimum atomic E-state index is -0.369. The van der Waals surface area contributed by atoms with Crippen LogP contribution in [-0.2, 0) is 17.5 Å². The predicted molar refractivity (Wildman–Crippen MR) is 85.2 cm³/mol. The van der Waals surface area contributed by atoms with Crippen LogP contribution in [0.5, 0.6) is 0 Å². The Kier molecular flexibility index (Phi) is 5.56. The largest absolute Gasteiger partial charge is 0.462 e. The number of hydrogen-bond acceptors (Lipinski definition) is 4. The molecule has 0 aliphatic heterocycles. The number of halogens is 2. The number of carbonyl (C=O) groups excluding carboxylic acids is 1. The highest BCUT2D eigenvalue weighted by Gasteiger charge is 2.18. The number of rotatable bonds is 5. The van der Waals surface area contributed by atoms with E-state index in [0.29, 0.717) is 28.0 Å². The molecule has 0 fully saturated rings. The van der Waals surface area contributed by atoms with Gasteiger partial charge in [0.25, 0.3) is 0 Å². The van der Waals surface area contributed by atoms with Crippen LogP contribution in [0.25, 0.3) is 0 Å². The third-order valence-corrected chi connectivity index (χ3v) is 4.83. The molecular weight excluding hydrogens is 331 g/mol. The van der Waals surface area contributed by atoms with E-state index in [2.05, 4.69) is 5.10 Å². The Hall–Kier alpha value is -1.17. The molecule has 1 heterocycles. The molecule has 2 rings (SSSR count). The second-order valence-corrected chi connectivity index (χ2v) is 5.99. The Labute approximate surface area is 137 Å². The molecule has 0 saturated carbocycles. The second kappa shape index (κ2) is 7.20. The summed E-state index contributed by atoms with van der Waals surface area (Å²) in [4.78, 5) is 12.7. The Morgan fingerprint density at radius 3 is 2.67 bits per heavy atom. The van der Waals surface area contributed by atoms with Gasteiger partial charge in [0.15, 0.2) is 0 Å². The molecule has 0 bridgehead atoms. The lowest BCUT2D eigenvalue weighted by Crippen LogP contribution is -2.08. The predicted octanol–water partition coefficient (Wildman–Crippen LogP) is 4.20. The Bertz CT molecular complexity index is 638. The van der Waals surface area contributed by atoms with Gasteiger partial charge in [0.2, 0.25) is 0 Å². The van der Waals surface area contributed by atoms with E-state index in [4.69, 9.17) is 27.9 Å². The Morgan fingerprint density at radius 1 is 1.38 bits per heavy atom. The highest BCUT2D eigenvalue weighted by Crippen LogP contribution is 2.36. The van der Waals surface area contributed by atoms with Crippen LogP contribution >= 0.6 is 35.0 Å². The molecule has 0 atom stereocenters. The lowest BCUT2D eigenvalue weighted by molar-refractivity contribution is 0.0525. The number of carbonyl (C=O) groups is 1. The molecule has 1 aromatic heterocycles. The SMILES string of the molecule is CCOC(=O)c1cnn(C)c1CSc1c(Cl)cccc1Cl. The van der Waals surface area contributed by atoms with E-state index in [1.54, 1.807) is 36.9 Å². The lowest BCUT2D eigenvalue weighted by Gasteiger charge is -2.08. The quantitative estimate of drug-likeness (QED) is 0.602. The van der Waals surface area contributed by atoms with Crippen molar-refractivity contribution in [2.75, 3.05) is 6.61 Å². The van der Waals surface area contributed by atoms with E-state index < -0.39 is 0 Å². The molecule has 0 unspecified atom stereocenters. The molecule has 2 aromatic rings. The van der Waals surface area contributed by atoms with Gasteiger partial charge in [-0.1, -0.05) is 29.3 Å². The maximum atomic E-state index is 11.9. The Morgan fingerprint density at radius 2 is 2.05 bits per heavy atom. The van der Waals surface area contributed by atoms with E-state index in [9.17, 15) is 4.79 Å². The molecule has 0 radical (unpaired) electrons. The summed E-state index contributed by atoms with van der Waals surface area (Å²) in [6, 6.07) is 5.36. The number of hydrogen-bond donors (Lipinski definition) is 0. The molecule has 21 heavy (non-hydrogen) atoms. The molecule has 0 N–H and O–H groups in total. The van der Waals surface area contributed by atoms with Gasteiger partial charge in [-0.25, -0.2) is 4.79 Å². The normalized spacial score (nSPS) is 10.7. The smallest absolute Gasteiger partial charge is 0.341 e. The zero-order chi connectivity index (χ0) is 15.4. The van der Waals surface area contributed by atoms with Crippen molar-refractivity contribution in [3.05, 3.63) is 45.7 Å². The van der Waals surface area contributed by atoms with Gasteiger partial charge >= 0.3 is 5.97 Å². The number of thioether (sulfide) groups is 1. The highest BCUT2D eigenvalue weighted by molar-refractivity contribution is 7.98. The van der Waals surface area contributed by atoms with Crippen molar-refractivity contribution in [1.29, 1.82) is 0 Å². The number of aromatic nitrogens is 2. The lowest BCUT2D eigenvalue weighted by atomic mass is 10.3. The van der Waals surface area contributed by atoms with Crippen LogP contribution in [-0.4, -0.2) is 22.4 Å². The van der Waals surface area contributed by atoms with Crippen molar-refractivity contribution in [1.82, 2.24) is 9.78 Å². The summed E-state index contributed by atoms with van der Waals surface area (Å²) in [5.41, 5.74) is 1.24. The summed E-state index contributed by atoms with van der Waals surface area (Å²) in [5.74, 6) is 0.153. The summed E-state index contributed by atoms with van der Waals surface area (Å²) >= 11 is 13.7. The van der Waals surface area contributed by atoms with Crippen LogP contribution in [0.1, 0.15) is 23.0 Å². The first kappa shape index (κ1) is 16.2. The molecule has 112 valence electrons. The third-order valence-electron chi connectivity index (χ3n) is 2.83. The van der Waals surface area contributed by atoms with Gasteiger partial charge < -0.3 is 4.74 Å². The first-order valence-electron chi connectivity index (χ1n) is 6.29. The number of esters is 1. The van der Waals surface area contributed by atoms with Gasteiger partial charge in [0.05, 0.1) is 28.5 Å². The molecule has 0 aliphatic rings. The van der Waals surface area contributed by atoms with E-state index >= 15 is 0 Å². The molecule has 7 heteroatoms. The van der Waals surface area contributed by atoms with Gasteiger partial charge in [-0.05, 0) is 19.1 Å².